The van der Waals surface area contributed by atoms with E-state index in [9.17, 15) is 4.79 Å². The number of anilines is 1. The summed E-state index contributed by atoms with van der Waals surface area (Å²) in [5.74, 6) is -0.660. The summed E-state index contributed by atoms with van der Waals surface area (Å²) in [6.07, 6.45) is 0. The zero-order valence-corrected chi connectivity index (χ0v) is 10.2. The van der Waals surface area contributed by atoms with Crippen LogP contribution in [0.3, 0.4) is 0 Å². The fraction of sp³-hybridized carbons (Fsp3) is 0.167. The number of carboxylic acids is 1. The van der Waals surface area contributed by atoms with E-state index < -0.39 is 5.97 Å². The summed E-state index contributed by atoms with van der Waals surface area (Å²) in [6, 6.07) is 5.11. The van der Waals surface area contributed by atoms with E-state index in [1.54, 1.807) is 25.2 Å². The second-order valence-corrected chi connectivity index (χ2v) is 4.09. The van der Waals surface area contributed by atoms with Gasteiger partial charge in [0.15, 0.2) is 0 Å². The smallest absolute Gasteiger partial charge is 0.339 e. The van der Waals surface area contributed by atoms with E-state index in [1.807, 2.05) is 6.92 Å². The van der Waals surface area contributed by atoms with E-state index in [4.69, 9.17) is 16.7 Å². The third kappa shape index (κ3) is 1.91. The number of aryl methyl sites for hydroxylation is 1. The minimum Gasteiger partial charge on any atom is -0.478 e. The first-order chi connectivity index (χ1) is 8.04. The molecule has 0 saturated carbocycles. The molecule has 5 heteroatoms. The van der Waals surface area contributed by atoms with E-state index in [2.05, 4.69) is 10.3 Å². The summed E-state index contributed by atoms with van der Waals surface area (Å²) >= 11 is 6.01. The van der Waals surface area contributed by atoms with Crippen molar-refractivity contribution in [2.75, 3.05) is 12.4 Å². The van der Waals surface area contributed by atoms with Gasteiger partial charge in [-0.05, 0) is 24.6 Å². The second-order valence-electron chi connectivity index (χ2n) is 3.68. The largest absolute Gasteiger partial charge is 0.478 e. The summed E-state index contributed by atoms with van der Waals surface area (Å²) in [4.78, 5) is 15.4. The minimum absolute atomic E-state index is 0.154. The monoisotopic (exact) mass is 250 g/mol. The zero-order chi connectivity index (χ0) is 12.6. The number of carboxylic acid groups (broad SMARTS) is 1. The zero-order valence-electron chi connectivity index (χ0n) is 9.41. The molecule has 0 aliphatic carbocycles. The van der Waals surface area contributed by atoms with Gasteiger partial charge in [-0.2, -0.15) is 0 Å². The minimum atomic E-state index is -1.00. The van der Waals surface area contributed by atoms with Crippen molar-refractivity contribution in [3.8, 4) is 0 Å². The Hall–Kier alpha value is -1.81. The van der Waals surface area contributed by atoms with Gasteiger partial charge in [0.2, 0.25) is 0 Å². The fourth-order valence-corrected chi connectivity index (χ4v) is 1.86. The first kappa shape index (κ1) is 11.7. The third-order valence-electron chi connectivity index (χ3n) is 2.64. The van der Waals surface area contributed by atoms with Crippen molar-refractivity contribution in [1.29, 1.82) is 0 Å². The van der Waals surface area contributed by atoms with Gasteiger partial charge < -0.3 is 10.4 Å². The molecule has 0 saturated heterocycles. The summed E-state index contributed by atoms with van der Waals surface area (Å²) in [5, 5.41) is 13.2. The molecule has 4 nitrogen and oxygen atoms in total. The Balaban J connectivity index is 2.83. The van der Waals surface area contributed by atoms with Crippen LogP contribution in [0.15, 0.2) is 18.2 Å². The van der Waals surface area contributed by atoms with Gasteiger partial charge in [-0.25, -0.2) is 9.78 Å². The molecule has 0 spiro atoms. The van der Waals surface area contributed by atoms with Crippen LogP contribution in [0.1, 0.15) is 15.9 Å². The number of hydrogen-bond donors (Lipinski definition) is 2. The molecule has 1 aromatic heterocycles. The molecule has 0 amide bonds. The number of hydrogen-bond acceptors (Lipinski definition) is 3. The van der Waals surface area contributed by atoms with Crippen LogP contribution in [0, 0.1) is 6.92 Å². The highest BCUT2D eigenvalue weighted by atomic mass is 35.5. The van der Waals surface area contributed by atoms with Gasteiger partial charge in [-0.1, -0.05) is 17.7 Å². The van der Waals surface area contributed by atoms with Gasteiger partial charge in [-0.3, -0.25) is 0 Å². The Bertz CT molecular complexity index is 611. The Kier molecular flexibility index (Phi) is 2.90. The van der Waals surface area contributed by atoms with Gasteiger partial charge in [0.05, 0.1) is 5.52 Å². The number of aromatic nitrogens is 1. The standard InChI is InChI=1S/C12H11ClN2O2/c1-6-9(13)4-3-7-5-8(12(16)17)11(14-2)15-10(6)7/h3-5H,1-2H3,(H,14,15)(H,16,17). The summed E-state index contributed by atoms with van der Waals surface area (Å²) in [6.45, 7) is 1.86. The number of carbonyl (C=O) groups is 1. The third-order valence-corrected chi connectivity index (χ3v) is 3.05. The Morgan fingerprint density at radius 1 is 1.47 bits per heavy atom. The van der Waals surface area contributed by atoms with Gasteiger partial charge in [0.25, 0.3) is 0 Å². The number of benzene rings is 1. The number of aromatic carboxylic acids is 1. The average Bonchev–Trinajstić information content (AvgIpc) is 2.32. The van der Waals surface area contributed by atoms with Gasteiger partial charge in [0, 0.05) is 17.5 Å². The number of nitrogens with one attached hydrogen (secondary N) is 1. The summed E-state index contributed by atoms with van der Waals surface area (Å²) in [7, 11) is 1.64. The Morgan fingerprint density at radius 3 is 2.76 bits per heavy atom. The van der Waals surface area contributed by atoms with Crippen molar-refractivity contribution in [2.24, 2.45) is 0 Å². The lowest BCUT2D eigenvalue weighted by atomic mass is 10.1. The molecule has 0 aliphatic heterocycles. The van der Waals surface area contributed by atoms with Crippen molar-refractivity contribution in [3.63, 3.8) is 0 Å². The fourth-order valence-electron chi connectivity index (χ4n) is 1.71. The van der Waals surface area contributed by atoms with Crippen LogP contribution in [0.25, 0.3) is 10.9 Å². The predicted octanol–water partition coefficient (Wildman–Crippen LogP) is 2.94. The van der Waals surface area contributed by atoms with Crippen LogP contribution in [0.5, 0.6) is 0 Å². The highest BCUT2D eigenvalue weighted by molar-refractivity contribution is 6.32. The van der Waals surface area contributed by atoms with E-state index in [-0.39, 0.29) is 5.56 Å². The SMILES string of the molecule is CNc1nc2c(C)c(Cl)ccc2cc1C(=O)O. The topological polar surface area (TPSA) is 62.2 Å². The highest BCUT2D eigenvalue weighted by Crippen LogP contribution is 2.27. The van der Waals surface area contributed by atoms with Crippen LogP contribution >= 0.6 is 11.6 Å². The molecule has 1 aromatic carbocycles. The molecular weight excluding hydrogens is 240 g/mol. The molecular formula is C12H11ClN2O2. The van der Waals surface area contributed by atoms with Crippen molar-refractivity contribution >= 4 is 34.3 Å². The number of fused-ring (bicyclic) bond motifs is 1. The normalized spacial score (nSPS) is 10.5. The van der Waals surface area contributed by atoms with Crippen LogP contribution in [-0.2, 0) is 0 Å². The maximum atomic E-state index is 11.1. The lowest BCUT2D eigenvalue weighted by Gasteiger charge is -2.09. The summed E-state index contributed by atoms with van der Waals surface area (Å²) in [5.41, 5.74) is 1.71. The van der Waals surface area contributed by atoms with Crippen LogP contribution in [0.2, 0.25) is 5.02 Å². The summed E-state index contributed by atoms with van der Waals surface area (Å²) < 4.78 is 0. The van der Waals surface area contributed by atoms with Crippen molar-refractivity contribution in [3.05, 3.63) is 34.3 Å². The van der Waals surface area contributed by atoms with E-state index in [0.29, 0.717) is 16.4 Å². The molecule has 0 unspecified atom stereocenters. The van der Waals surface area contributed by atoms with Crippen LogP contribution in [-0.4, -0.2) is 23.1 Å². The van der Waals surface area contributed by atoms with E-state index >= 15 is 0 Å². The van der Waals surface area contributed by atoms with Gasteiger partial charge in [0.1, 0.15) is 11.4 Å². The molecule has 2 N–H and O–H groups in total. The number of nitrogens with zero attached hydrogens (tertiary/aromatic N) is 1. The molecule has 17 heavy (non-hydrogen) atoms. The average molecular weight is 251 g/mol. The molecule has 2 rings (SSSR count). The Labute approximate surface area is 103 Å². The number of halogens is 1. The number of pyridine rings is 1. The highest BCUT2D eigenvalue weighted by Gasteiger charge is 2.13. The van der Waals surface area contributed by atoms with Crippen molar-refractivity contribution in [2.45, 2.75) is 6.92 Å². The van der Waals surface area contributed by atoms with Crippen LogP contribution in [0.4, 0.5) is 5.82 Å². The van der Waals surface area contributed by atoms with Gasteiger partial charge in [-0.15, -0.1) is 0 Å². The molecule has 0 radical (unpaired) electrons. The lowest BCUT2D eigenvalue weighted by molar-refractivity contribution is 0.0698. The molecule has 0 atom stereocenters. The van der Waals surface area contributed by atoms with Crippen molar-refractivity contribution < 1.29 is 9.90 Å². The molecule has 2 aromatic rings. The van der Waals surface area contributed by atoms with Crippen LogP contribution < -0.4 is 5.32 Å². The van der Waals surface area contributed by atoms with Gasteiger partial charge >= 0.3 is 5.97 Å². The molecule has 0 fully saturated rings. The molecule has 0 bridgehead atoms. The predicted molar refractivity (Wildman–Crippen MR) is 68.0 cm³/mol. The molecule has 88 valence electrons. The maximum Gasteiger partial charge on any atom is 0.339 e. The first-order valence-electron chi connectivity index (χ1n) is 5.05. The van der Waals surface area contributed by atoms with E-state index in [1.165, 1.54) is 0 Å². The quantitative estimate of drug-likeness (QED) is 0.860. The molecule has 0 aliphatic rings. The second kappa shape index (κ2) is 4.22. The number of rotatable bonds is 2. The van der Waals surface area contributed by atoms with E-state index in [0.717, 1.165) is 10.9 Å². The lowest BCUT2D eigenvalue weighted by Crippen LogP contribution is -2.05. The maximum absolute atomic E-state index is 11.1. The first-order valence-corrected chi connectivity index (χ1v) is 5.43. The van der Waals surface area contributed by atoms with Crippen molar-refractivity contribution in [1.82, 2.24) is 4.98 Å². The molecule has 1 heterocycles. The Morgan fingerprint density at radius 2 is 2.18 bits per heavy atom.